The molecule has 1 atom stereocenters. The average molecular weight is 402 g/mol. The van der Waals surface area contributed by atoms with Gasteiger partial charge in [0.15, 0.2) is 0 Å². The molecule has 0 saturated heterocycles. The van der Waals surface area contributed by atoms with E-state index in [-0.39, 0.29) is 11.7 Å². The minimum Gasteiger partial charge on any atom is -0.313 e. The van der Waals surface area contributed by atoms with Crippen molar-refractivity contribution in [3.8, 4) is 0 Å². The van der Waals surface area contributed by atoms with E-state index in [2.05, 4.69) is 5.32 Å². The molecule has 28 heavy (non-hydrogen) atoms. The molecule has 144 valence electrons. The molecular formula is C21H17F3N2OS. The number of amides is 2. The van der Waals surface area contributed by atoms with E-state index in [0.717, 1.165) is 17.2 Å². The Morgan fingerprint density at radius 1 is 1.04 bits per heavy atom. The summed E-state index contributed by atoms with van der Waals surface area (Å²) < 4.78 is 39.8. The topological polar surface area (TPSA) is 32.3 Å². The second-order valence-electron chi connectivity index (χ2n) is 6.53. The SMILES string of the molecule is O=C(Nc1ccccc1C(F)(F)F)N1CCc2sccc2C1c1ccccc1. The van der Waals surface area contributed by atoms with Crippen LogP contribution in [-0.4, -0.2) is 17.5 Å². The molecule has 1 aliphatic rings. The lowest BCUT2D eigenvalue weighted by Gasteiger charge is -2.36. The first-order chi connectivity index (χ1) is 13.4. The summed E-state index contributed by atoms with van der Waals surface area (Å²) in [6.07, 6.45) is -3.85. The molecule has 2 amide bonds. The van der Waals surface area contributed by atoms with Crippen LogP contribution in [0.4, 0.5) is 23.7 Å². The van der Waals surface area contributed by atoms with Crippen molar-refractivity contribution in [3.05, 3.63) is 87.6 Å². The number of benzene rings is 2. The Hall–Kier alpha value is -2.80. The summed E-state index contributed by atoms with van der Waals surface area (Å²) >= 11 is 1.64. The lowest BCUT2D eigenvalue weighted by molar-refractivity contribution is -0.136. The first-order valence-electron chi connectivity index (χ1n) is 8.80. The van der Waals surface area contributed by atoms with Crippen LogP contribution in [0.3, 0.4) is 0 Å². The molecule has 7 heteroatoms. The Balaban J connectivity index is 1.68. The second-order valence-corrected chi connectivity index (χ2v) is 7.53. The molecule has 0 spiro atoms. The number of anilines is 1. The predicted molar refractivity (Wildman–Crippen MR) is 103 cm³/mol. The molecule has 0 bridgehead atoms. The smallest absolute Gasteiger partial charge is 0.313 e. The van der Waals surface area contributed by atoms with Crippen LogP contribution in [-0.2, 0) is 12.6 Å². The van der Waals surface area contributed by atoms with Crippen molar-refractivity contribution < 1.29 is 18.0 Å². The normalized spacial score (nSPS) is 16.5. The van der Waals surface area contributed by atoms with Crippen LogP contribution in [0.1, 0.15) is 27.6 Å². The fraction of sp³-hybridized carbons (Fsp3) is 0.190. The summed E-state index contributed by atoms with van der Waals surface area (Å²) in [5, 5.41) is 4.47. The van der Waals surface area contributed by atoms with Crippen LogP contribution in [0.15, 0.2) is 66.0 Å². The number of carbonyl (C=O) groups is 1. The van der Waals surface area contributed by atoms with Crippen LogP contribution in [0.25, 0.3) is 0 Å². The standard InChI is InChI=1S/C21H17F3N2OS/c22-21(23,24)16-8-4-5-9-17(16)25-20(27)26-12-10-18-15(11-13-28-18)19(26)14-6-2-1-3-7-14/h1-9,11,13,19H,10,12H2,(H,25,27). The van der Waals surface area contributed by atoms with Crippen LogP contribution in [0, 0.1) is 0 Å². The van der Waals surface area contributed by atoms with Crippen molar-refractivity contribution in [2.45, 2.75) is 18.6 Å². The lowest BCUT2D eigenvalue weighted by atomic mass is 9.93. The zero-order valence-electron chi connectivity index (χ0n) is 14.7. The average Bonchev–Trinajstić information content (AvgIpc) is 3.16. The number of carbonyl (C=O) groups excluding carboxylic acids is 1. The molecule has 1 aliphatic heterocycles. The fourth-order valence-corrected chi connectivity index (χ4v) is 4.46. The van der Waals surface area contributed by atoms with E-state index in [0.29, 0.717) is 13.0 Å². The number of alkyl halides is 3. The third kappa shape index (κ3) is 3.49. The van der Waals surface area contributed by atoms with Gasteiger partial charge in [-0.1, -0.05) is 42.5 Å². The third-order valence-corrected chi connectivity index (χ3v) is 5.81. The van der Waals surface area contributed by atoms with Crippen molar-refractivity contribution in [2.24, 2.45) is 0 Å². The zero-order valence-corrected chi connectivity index (χ0v) is 15.6. The number of nitrogens with zero attached hydrogens (tertiary/aromatic N) is 1. The first-order valence-corrected chi connectivity index (χ1v) is 9.68. The number of rotatable bonds is 2. The molecule has 3 nitrogen and oxygen atoms in total. The van der Waals surface area contributed by atoms with Gasteiger partial charge in [0.05, 0.1) is 17.3 Å². The van der Waals surface area contributed by atoms with Crippen molar-refractivity contribution >= 4 is 23.1 Å². The molecule has 3 aromatic rings. The quantitative estimate of drug-likeness (QED) is 0.565. The summed E-state index contributed by atoms with van der Waals surface area (Å²) in [5.74, 6) is 0. The van der Waals surface area contributed by atoms with Gasteiger partial charge in [-0.2, -0.15) is 13.2 Å². The highest BCUT2D eigenvalue weighted by molar-refractivity contribution is 7.10. The molecular weight excluding hydrogens is 385 g/mol. The van der Waals surface area contributed by atoms with Gasteiger partial charge in [-0.15, -0.1) is 11.3 Å². The molecule has 1 unspecified atom stereocenters. The fourth-order valence-electron chi connectivity index (χ4n) is 3.56. The van der Waals surface area contributed by atoms with Gasteiger partial charge in [0, 0.05) is 11.4 Å². The molecule has 1 N–H and O–H groups in total. The summed E-state index contributed by atoms with van der Waals surface area (Å²) in [7, 11) is 0. The number of thiophene rings is 1. The Morgan fingerprint density at radius 3 is 2.50 bits per heavy atom. The van der Waals surface area contributed by atoms with Gasteiger partial charge in [0.1, 0.15) is 0 Å². The predicted octanol–water partition coefficient (Wildman–Crippen LogP) is 5.95. The highest BCUT2D eigenvalue weighted by Gasteiger charge is 2.36. The van der Waals surface area contributed by atoms with E-state index < -0.39 is 17.8 Å². The molecule has 4 rings (SSSR count). The van der Waals surface area contributed by atoms with E-state index in [9.17, 15) is 18.0 Å². The summed E-state index contributed by atoms with van der Waals surface area (Å²) in [6, 6.07) is 15.7. The molecule has 0 saturated carbocycles. The van der Waals surface area contributed by atoms with Crippen LogP contribution in [0.5, 0.6) is 0 Å². The number of hydrogen-bond acceptors (Lipinski definition) is 2. The van der Waals surface area contributed by atoms with Gasteiger partial charge in [-0.05, 0) is 41.1 Å². The lowest BCUT2D eigenvalue weighted by Crippen LogP contribution is -2.42. The summed E-state index contributed by atoms with van der Waals surface area (Å²) in [4.78, 5) is 15.8. The van der Waals surface area contributed by atoms with Crippen molar-refractivity contribution in [3.63, 3.8) is 0 Å². The Morgan fingerprint density at radius 2 is 1.75 bits per heavy atom. The zero-order chi connectivity index (χ0) is 19.7. The highest BCUT2D eigenvalue weighted by Crippen LogP contribution is 2.39. The third-order valence-electron chi connectivity index (χ3n) is 4.82. The van der Waals surface area contributed by atoms with Crippen molar-refractivity contribution in [1.29, 1.82) is 0 Å². The Labute approximate surface area is 164 Å². The van der Waals surface area contributed by atoms with E-state index in [1.165, 1.54) is 23.1 Å². The van der Waals surface area contributed by atoms with E-state index >= 15 is 0 Å². The van der Waals surface area contributed by atoms with Gasteiger partial charge < -0.3 is 10.2 Å². The van der Waals surface area contributed by atoms with Gasteiger partial charge in [0.25, 0.3) is 0 Å². The summed E-state index contributed by atoms with van der Waals surface area (Å²) in [6.45, 7) is 0.438. The number of hydrogen-bond donors (Lipinski definition) is 1. The Bertz CT molecular complexity index is 985. The first kappa shape index (κ1) is 18.6. The van der Waals surface area contributed by atoms with E-state index in [4.69, 9.17) is 0 Å². The van der Waals surface area contributed by atoms with Crippen molar-refractivity contribution in [1.82, 2.24) is 4.90 Å². The molecule has 2 aromatic carbocycles. The van der Waals surface area contributed by atoms with Crippen LogP contribution < -0.4 is 5.32 Å². The maximum absolute atomic E-state index is 13.3. The number of para-hydroxylation sites is 1. The number of fused-ring (bicyclic) bond motifs is 1. The minimum absolute atomic E-state index is 0.233. The molecule has 2 heterocycles. The summed E-state index contributed by atoms with van der Waals surface area (Å²) in [5.41, 5.74) is 0.874. The number of urea groups is 1. The molecule has 1 aromatic heterocycles. The van der Waals surface area contributed by atoms with Crippen LogP contribution in [0.2, 0.25) is 0 Å². The molecule has 0 fully saturated rings. The number of nitrogens with one attached hydrogen (secondary N) is 1. The van der Waals surface area contributed by atoms with Gasteiger partial charge in [-0.3, -0.25) is 0 Å². The molecule has 0 aliphatic carbocycles. The van der Waals surface area contributed by atoms with E-state index in [1.807, 2.05) is 41.8 Å². The van der Waals surface area contributed by atoms with Gasteiger partial charge in [-0.25, -0.2) is 4.79 Å². The second kappa shape index (κ2) is 7.31. The van der Waals surface area contributed by atoms with Crippen LogP contribution >= 0.6 is 11.3 Å². The largest absolute Gasteiger partial charge is 0.418 e. The maximum Gasteiger partial charge on any atom is 0.418 e. The highest BCUT2D eigenvalue weighted by atomic mass is 32.1. The van der Waals surface area contributed by atoms with Gasteiger partial charge >= 0.3 is 12.2 Å². The maximum atomic E-state index is 13.3. The Kier molecular flexibility index (Phi) is 4.85. The monoisotopic (exact) mass is 402 g/mol. The minimum atomic E-state index is -4.54. The van der Waals surface area contributed by atoms with Crippen molar-refractivity contribution in [2.75, 3.05) is 11.9 Å². The molecule has 0 radical (unpaired) electrons. The van der Waals surface area contributed by atoms with E-state index in [1.54, 1.807) is 16.2 Å². The van der Waals surface area contributed by atoms with Gasteiger partial charge in [0.2, 0.25) is 0 Å². The number of halogens is 3.